The summed E-state index contributed by atoms with van der Waals surface area (Å²) in [7, 11) is 0. The first-order valence-electron chi connectivity index (χ1n) is 6.79. The Hall–Kier alpha value is -0.160. The maximum absolute atomic E-state index is 9.66. The Morgan fingerprint density at radius 1 is 1.41 bits per heavy atom. The number of ether oxygens (including phenoxy) is 2. The number of aliphatic hydroxyl groups excluding tert-OH is 1. The van der Waals surface area contributed by atoms with Gasteiger partial charge in [0.25, 0.3) is 0 Å². The molecule has 0 aromatic carbocycles. The highest BCUT2D eigenvalue weighted by Gasteiger charge is 2.34. The lowest BCUT2D eigenvalue weighted by Crippen LogP contribution is -2.54. The quantitative estimate of drug-likeness (QED) is 0.781. The van der Waals surface area contributed by atoms with E-state index in [1.807, 2.05) is 0 Å². The summed E-state index contributed by atoms with van der Waals surface area (Å²) in [6.07, 6.45) is 5.85. The van der Waals surface area contributed by atoms with Gasteiger partial charge >= 0.3 is 0 Å². The molecule has 0 radical (unpaired) electrons. The Balaban J connectivity index is 1.81. The van der Waals surface area contributed by atoms with Crippen molar-refractivity contribution < 1.29 is 14.6 Å². The Labute approximate surface area is 104 Å². The third-order valence-electron chi connectivity index (χ3n) is 4.07. The molecule has 0 bridgehead atoms. The molecule has 1 aliphatic carbocycles. The summed E-state index contributed by atoms with van der Waals surface area (Å²) in [6, 6.07) is 0. The fourth-order valence-corrected chi connectivity index (χ4v) is 3.01. The molecule has 17 heavy (non-hydrogen) atoms. The van der Waals surface area contributed by atoms with Crippen LogP contribution < -0.4 is 5.32 Å². The van der Waals surface area contributed by atoms with Gasteiger partial charge in [-0.3, -0.25) is 0 Å². The highest BCUT2D eigenvalue weighted by Crippen LogP contribution is 2.32. The highest BCUT2D eigenvalue weighted by atomic mass is 16.7. The van der Waals surface area contributed by atoms with Crippen LogP contribution in [0.5, 0.6) is 0 Å². The van der Waals surface area contributed by atoms with E-state index in [9.17, 15) is 5.11 Å². The van der Waals surface area contributed by atoms with Crippen molar-refractivity contribution in [2.45, 2.75) is 50.7 Å². The van der Waals surface area contributed by atoms with Gasteiger partial charge in [0, 0.05) is 12.1 Å². The van der Waals surface area contributed by atoms with Crippen LogP contribution in [0.1, 0.15) is 39.0 Å². The average Bonchev–Trinajstić information content (AvgIpc) is 2.38. The number of nitrogens with one attached hydrogen (secondary N) is 1. The molecule has 1 heterocycles. The van der Waals surface area contributed by atoms with E-state index < -0.39 is 0 Å². The first-order valence-corrected chi connectivity index (χ1v) is 6.79. The molecule has 0 aromatic rings. The summed E-state index contributed by atoms with van der Waals surface area (Å²) >= 11 is 0. The molecule has 2 aliphatic rings. The predicted molar refractivity (Wildman–Crippen MR) is 65.8 cm³/mol. The van der Waals surface area contributed by atoms with Crippen LogP contribution in [0.3, 0.4) is 0 Å². The van der Waals surface area contributed by atoms with Crippen LogP contribution in [0.4, 0.5) is 0 Å². The topological polar surface area (TPSA) is 50.7 Å². The highest BCUT2D eigenvalue weighted by molar-refractivity contribution is 4.93. The summed E-state index contributed by atoms with van der Waals surface area (Å²) < 4.78 is 10.7. The van der Waals surface area contributed by atoms with Crippen LogP contribution in [0.25, 0.3) is 0 Å². The van der Waals surface area contributed by atoms with Crippen molar-refractivity contribution in [1.82, 2.24) is 5.32 Å². The second kappa shape index (κ2) is 6.14. The lowest BCUT2D eigenvalue weighted by atomic mass is 9.77. The number of rotatable bonds is 4. The van der Waals surface area contributed by atoms with E-state index in [1.54, 1.807) is 0 Å². The van der Waals surface area contributed by atoms with E-state index in [-0.39, 0.29) is 18.2 Å². The molecular formula is C13H25NO3. The van der Waals surface area contributed by atoms with Gasteiger partial charge in [0.1, 0.15) is 6.79 Å². The molecule has 3 atom stereocenters. The molecule has 0 spiro atoms. The van der Waals surface area contributed by atoms with Crippen LogP contribution in [0, 0.1) is 5.92 Å². The molecule has 2 N–H and O–H groups in total. The molecule has 1 saturated carbocycles. The molecular weight excluding hydrogens is 218 g/mol. The third-order valence-corrected chi connectivity index (χ3v) is 4.07. The van der Waals surface area contributed by atoms with Crippen LogP contribution in [-0.4, -0.2) is 43.3 Å². The minimum atomic E-state index is -0.0701. The molecule has 4 nitrogen and oxygen atoms in total. The summed E-state index contributed by atoms with van der Waals surface area (Å²) in [5.41, 5.74) is -0.0701. The van der Waals surface area contributed by atoms with Crippen molar-refractivity contribution in [3.63, 3.8) is 0 Å². The van der Waals surface area contributed by atoms with Gasteiger partial charge in [-0.25, -0.2) is 0 Å². The van der Waals surface area contributed by atoms with E-state index >= 15 is 0 Å². The zero-order chi connectivity index (χ0) is 12.1. The molecule has 4 heteroatoms. The Bertz CT molecular complexity index is 231. The minimum Gasteiger partial charge on any atom is -0.394 e. The smallest absolute Gasteiger partial charge is 0.147 e. The van der Waals surface area contributed by atoms with Crippen molar-refractivity contribution >= 4 is 0 Å². The first-order chi connectivity index (χ1) is 8.24. The van der Waals surface area contributed by atoms with Gasteiger partial charge in [0.15, 0.2) is 0 Å². The van der Waals surface area contributed by atoms with E-state index in [2.05, 4.69) is 12.2 Å². The van der Waals surface area contributed by atoms with E-state index in [1.165, 1.54) is 12.8 Å². The molecule has 1 saturated heterocycles. The maximum atomic E-state index is 9.66. The van der Waals surface area contributed by atoms with E-state index in [4.69, 9.17) is 9.47 Å². The summed E-state index contributed by atoms with van der Waals surface area (Å²) in [4.78, 5) is 0. The van der Waals surface area contributed by atoms with Crippen LogP contribution >= 0.6 is 0 Å². The van der Waals surface area contributed by atoms with Crippen LogP contribution in [-0.2, 0) is 9.47 Å². The molecule has 100 valence electrons. The standard InChI is InChI=1S/C13H25NO3/c1-11-3-2-5-13(7-11,9-15)14-8-12-4-6-16-10-17-12/h11-12,14-15H,2-10H2,1H3. The van der Waals surface area contributed by atoms with Crippen molar-refractivity contribution in [1.29, 1.82) is 0 Å². The van der Waals surface area contributed by atoms with Crippen molar-refractivity contribution in [2.24, 2.45) is 5.92 Å². The maximum Gasteiger partial charge on any atom is 0.147 e. The Morgan fingerprint density at radius 3 is 2.94 bits per heavy atom. The molecule has 2 rings (SSSR count). The summed E-state index contributed by atoms with van der Waals surface area (Å²) in [6.45, 7) is 4.54. The fraction of sp³-hybridized carbons (Fsp3) is 1.00. The van der Waals surface area contributed by atoms with Crippen molar-refractivity contribution in [3.8, 4) is 0 Å². The van der Waals surface area contributed by atoms with Crippen molar-refractivity contribution in [3.05, 3.63) is 0 Å². The van der Waals surface area contributed by atoms with Crippen molar-refractivity contribution in [2.75, 3.05) is 26.6 Å². The molecule has 0 amide bonds. The van der Waals surface area contributed by atoms with Gasteiger partial charge in [-0.15, -0.1) is 0 Å². The SMILES string of the molecule is CC1CCCC(CO)(NCC2CCOCO2)C1. The van der Waals surface area contributed by atoms with Gasteiger partial charge < -0.3 is 19.9 Å². The van der Waals surface area contributed by atoms with Gasteiger partial charge in [0.05, 0.1) is 19.3 Å². The molecule has 0 aromatic heterocycles. The van der Waals surface area contributed by atoms with Crippen LogP contribution in [0.2, 0.25) is 0 Å². The summed E-state index contributed by atoms with van der Waals surface area (Å²) in [5, 5.41) is 13.2. The van der Waals surface area contributed by atoms with Gasteiger partial charge in [-0.2, -0.15) is 0 Å². The lowest BCUT2D eigenvalue weighted by molar-refractivity contribution is -0.139. The zero-order valence-electron chi connectivity index (χ0n) is 10.8. The second-order valence-electron chi connectivity index (χ2n) is 5.62. The largest absolute Gasteiger partial charge is 0.394 e. The monoisotopic (exact) mass is 243 g/mol. The van der Waals surface area contributed by atoms with E-state index in [0.717, 1.165) is 32.4 Å². The number of aliphatic hydroxyl groups is 1. The normalized spacial score (nSPS) is 39.2. The number of hydrogen-bond donors (Lipinski definition) is 2. The zero-order valence-corrected chi connectivity index (χ0v) is 10.8. The second-order valence-corrected chi connectivity index (χ2v) is 5.62. The summed E-state index contributed by atoms with van der Waals surface area (Å²) in [5.74, 6) is 0.707. The molecule has 1 aliphatic heterocycles. The van der Waals surface area contributed by atoms with Gasteiger partial charge in [-0.1, -0.05) is 19.8 Å². The average molecular weight is 243 g/mol. The first kappa shape index (κ1) is 13.3. The predicted octanol–water partition coefficient (Wildman–Crippen LogP) is 1.28. The Kier molecular flexibility index (Phi) is 4.79. The van der Waals surface area contributed by atoms with Crippen LogP contribution in [0.15, 0.2) is 0 Å². The number of hydrogen-bond acceptors (Lipinski definition) is 4. The van der Waals surface area contributed by atoms with Gasteiger partial charge in [0.2, 0.25) is 0 Å². The lowest BCUT2D eigenvalue weighted by Gasteiger charge is -2.40. The third kappa shape index (κ3) is 3.65. The fourth-order valence-electron chi connectivity index (χ4n) is 3.01. The van der Waals surface area contributed by atoms with Gasteiger partial charge in [-0.05, 0) is 25.2 Å². The molecule has 3 unspecified atom stereocenters. The minimum absolute atomic E-state index is 0.0701. The molecule has 2 fully saturated rings. The Morgan fingerprint density at radius 2 is 2.29 bits per heavy atom. The van der Waals surface area contributed by atoms with E-state index in [0.29, 0.717) is 12.7 Å².